The Hall–Kier alpha value is -2.62. The molecule has 3 aromatic rings. The van der Waals surface area contributed by atoms with E-state index in [-0.39, 0.29) is 24.0 Å². The molecule has 7 nitrogen and oxygen atoms in total. The van der Waals surface area contributed by atoms with Gasteiger partial charge in [0, 0.05) is 51.7 Å². The predicted octanol–water partition coefficient (Wildman–Crippen LogP) is 3.22. The maximum atomic E-state index is 4.87. The lowest BCUT2D eigenvalue weighted by atomic mass is 10.2. The molecule has 8 heteroatoms. The SMILES string of the molecule is CCNC(=NCCc1cnn(-c2ccccc2)c1)N1CCN(c2ccccn2)CC1.I. The number of guanidine groups is 1. The topological polar surface area (TPSA) is 61.6 Å². The first-order valence-electron chi connectivity index (χ1n) is 10.6. The standard InChI is InChI=1S/C23H29N7.HI/c1-2-24-23(29-16-14-28(15-17-29)22-10-6-7-12-25-22)26-13-11-20-18-27-30(19-20)21-8-4-3-5-9-21;/h3-10,12,18-19H,2,11,13-17H2,1H3,(H,24,26);1H. The van der Waals surface area contributed by atoms with E-state index in [9.17, 15) is 0 Å². The van der Waals surface area contributed by atoms with Crippen LogP contribution in [-0.4, -0.2) is 64.9 Å². The highest BCUT2D eigenvalue weighted by molar-refractivity contribution is 14.0. The zero-order valence-corrected chi connectivity index (χ0v) is 20.2. The van der Waals surface area contributed by atoms with Crippen LogP contribution in [0.2, 0.25) is 0 Å². The van der Waals surface area contributed by atoms with Gasteiger partial charge in [0.2, 0.25) is 0 Å². The van der Waals surface area contributed by atoms with Crippen molar-refractivity contribution in [1.82, 2.24) is 25.0 Å². The number of aromatic nitrogens is 3. The number of nitrogens with zero attached hydrogens (tertiary/aromatic N) is 6. The molecule has 31 heavy (non-hydrogen) atoms. The second-order valence-corrected chi connectivity index (χ2v) is 7.28. The molecule has 0 atom stereocenters. The maximum Gasteiger partial charge on any atom is 0.194 e. The van der Waals surface area contributed by atoms with Gasteiger partial charge in [-0.15, -0.1) is 24.0 Å². The first-order chi connectivity index (χ1) is 14.8. The fraction of sp³-hybridized carbons (Fsp3) is 0.348. The van der Waals surface area contributed by atoms with Crippen LogP contribution in [0.5, 0.6) is 0 Å². The molecule has 1 fully saturated rings. The zero-order chi connectivity index (χ0) is 20.6. The maximum absolute atomic E-state index is 4.87. The van der Waals surface area contributed by atoms with Gasteiger partial charge in [0.15, 0.2) is 5.96 Å². The highest BCUT2D eigenvalue weighted by Gasteiger charge is 2.20. The molecule has 1 aliphatic heterocycles. The Labute approximate surface area is 201 Å². The van der Waals surface area contributed by atoms with E-state index >= 15 is 0 Å². The summed E-state index contributed by atoms with van der Waals surface area (Å²) < 4.78 is 1.92. The van der Waals surface area contributed by atoms with E-state index in [2.05, 4.69) is 56.5 Å². The lowest BCUT2D eigenvalue weighted by Gasteiger charge is -2.37. The molecular formula is C23H30IN7. The van der Waals surface area contributed by atoms with E-state index < -0.39 is 0 Å². The Kier molecular flexibility index (Phi) is 8.69. The number of hydrogen-bond acceptors (Lipinski definition) is 4. The van der Waals surface area contributed by atoms with E-state index in [1.807, 2.05) is 47.4 Å². The Balaban J connectivity index is 0.00000272. The van der Waals surface area contributed by atoms with E-state index in [4.69, 9.17) is 4.99 Å². The average Bonchev–Trinajstić information content (AvgIpc) is 3.29. The number of aliphatic imine (C=N–C) groups is 1. The second kappa shape index (κ2) is 11.7. The average molecular weight is 531 g/mol. The molecule has 0 unspecified atom stereocenters. The van der Waals surface area contributed by atoms with Gasteiger partial charge >= 0.3 is 0 Å². The minimum atomic E-state index is 0. The van der Waals surface area contributed by atoms with Crippen molar-refractivity contribution >= 4 is 35.8 Å². The van der Waals surface area contributed by atoms with Gasteiger partial charge in [-0.3, -0.25) is 4.99 Å². The molecule has 164 valence electrons. The zero-order valence-electron chi connectivity index (χ0n) is 17.9. The van der Waals surface area contributed by atoms with Gasteiger partial charge in [-0.2, -0.15) is 5.10 Å². The molecule has 1 N–H and O–H groups in total. The summed E-state index contributed by atoms with van der Waals surface area (Å²) in [4.78, 5) is 14.0. The first kappa shape index (κ1) is 23.1. The van der Waals surface area contributed by atoms with Crippen molar-refractivity contribution in [1.29, 1.82) is 0 Å². The van der Waals surface area contributed by atoms with E-state index in [1.165, 1.54) is 5.56 Å². The summed E-state index contributed by atoms with van der Waals surface area (Å²) >= 11 is 0. The summed E-state index contributed by atoms with van der Waals surface area (Å²) in [5.74, 6) is 2.04. The minimum Gasteiger partial charge on any atom is -0.357 e. The van der Waals surface area contributed by atoms with Crippen molar-refractivity contribution < 1.29 is 0 Å². The lowest BCUT2D eigenvalue weighted by Crippen LogP contribution is -2.52. The highest BCUT2D eigenvalue weighted by Crippen LogP contribution is 2.13. The van der Waals surface area contributed by atoms with Crippen LogP contribution in [0.15, 0.2) is 72.1 Å². The van der Waals surface area contributed by atoms with Crippen molar-refractivity contribution in [2.45, 2.75) is 13.3 Å². The monoisotopic (exact) mass is 531 g/mol. The highest BCUT2D eigenvalue weighted by atomic mass is 127. The lowest BCUT2D eigenvalue weighted by molar-refractivity contribution is 0.371. The number of pyridine rings is 1. The van der Waals surface area contributed by atoms with Crippen molar-refractivity contribution in [2.24, 2.45) is 4.99 Å². The minimum absolute atomic E-state index is 0. The molecule has 0 spiro atoms. The van der Waals surface area contributed by atoms with Crippen LogP contribution < -0.4 is 10.2 Å². The van der Waals surface area contributed by atoms with Gasteiger partial charge in [-0.25, -0.2) is 9.67 Å². The van der Waals surface area contributed by atoms with Gasteiger partial charge in [-0.05, 0) is 43.2 Å². The Morgan fingerprint density at radius 3 is 2.52 bits per heavy atom. The Morgan fingerprint density at radius 1 is 1.03 bits per heavy atom. The van der Waals surface area contributed by atoms with Crippen LogP contribution >= 0.6 is 24.0 Å². The van der Waals surface area contributed by atoms with Crippen LogP contribution in [0.1, 0.15) is 12.5 Å². The smallest absolute Gasteiger partial charge is 0.194 e. The van der Waals surface area contributed by atoms with Crippen LogP contribution in [0, 0.1) is 0 Å². The molecular weight excluding hydrogens is 501 g/mol. The number of piperazine rings is 1. The van der Waals surface area contributed by atoms with Crippen LogP contribution in [0.3, 0.4) is 0 Å². The van der Waals surface area contributed by atoms with Crippen molar-refractivity contribution in [3.63, 3.8) is 0 Å². The summed E-state index contributed by atoms with van der Waals surface area (Å²) in [6.45, 7) is 7.50. The number of hydrogen-bond donors (Lipinski definition) is 1. The van der Waals surface area contributed by atoms with Gasteiger partial charge in [0.1, 0.15) is 5.82 Å². The van der Waals surface area contributed by atoms with Gasteiger partial charge in [0.05, 0.1) is 11.9 Å². The number of anilines is 1. The number of halogens is 1. The Morgan fingerprint density at radius 2 is 1.81 bits per heavy atom. The van der Waals surface area contributed by atoms with Crippen molar-refractivity contribution in [2.75, 3.05) is 44.2 Å². The number of nitrogens with one attached hydrogen (secondary N) is 1. The molecule has 0 saturated carbocycles. The van der Waals surface area contributed by atoms with Gasteiger partial charge in [-0.1, -0.05) is 24.3 Å². The third-order valence-electron chi connectivity index (χ3n) is 5.21. The third-order valence-corrected chi connectivity index (χ3v) is 5.21. The molecule has 1 saturated heterocycles. The molecule has 0 amide bonds. The number of para-hydroxylation sites is 1. The van der Waals surface area contributed by atoms with Gasteiger partial charge in [0.25, 0.3) is 0 Å². The normalized spacial score (nSPS) is 14.3. The third kappa shape index (κ3) is 6.19. The fourth-order valence-electron chi connectivity index (χ4n) is 3.62. The summed E-state index contributed by atoms with van der Waals surface area (Å²) in [5.41, 5.74) is 2.27. The molecule has 3 heterocycles. The molecule has 2 aromatic heterocycles. The summed E-state index contributed by atoms with van der Waals surface area (Å²) in [6.07, 6.45) is 6.74. The number of rotatable bonds is 6. The first-order valence-corrected chi connectivity index (χ1v) is 10.6. The van der Waals surface area contributed by atoms with Crippen LogP contribution in [0.25, 0.3) is 5.69 Å². The largest absolute Gasteiger partial charge is 0.357 e. The molecule has 0 aliphatic carbocycles. The van der Waals surface area contributed by atoms with Gasteiger partial charge < -0.3 is 15.1 Å². The van der Waals surface area contributed by atoms with Crippen molar-refractivity contribution in [3.8, 4) is 5.69 Å². The van der Waals surface area contributed by atoms with Crippen LogP contribution in [-0.2, 0) is 6.42 Å². The predicted molar refractivity (Wildman–Crippen MR) is 137 cm³/mol. The number of benzene rings is 1. The Bertz CT molecular complexity index is 935. The summed E-state index contributed by atoms with van der Waals surface area (Å²) in [5, 5.41) is 7.92. The molecule has 1 aliphatic rings. The van der Waals surface area contributed by atoms with Crippen LogP contribution in [0.4, 0.5) is 5.82 Å². The second-order valence-electron chi connectivity index (χ2n) is 7.28. The molecule has 0 radical (unpaired) electrons. The van der Waals surface area contributed by atoms with Crippen molar-refractivity contribution in [3.05, 3.63) is 72.7 Å². The molecule has 4 rings (SSSR count). The molecule has 1 aromatic carbocycles. The summed E-state index contributed by atoms with van der Waals surface area (Å²) in [6, 6.07) is 16.3. The quantitative estimate of drug-likeness (QED) is 0.301. The van der Waals surface area contributed by atoms with E-state index in [0.29, 0.717) is 0 Å². The fourth-order valence-corrected chi connectivity index (χ4v) is 3.62. The van der Waals surface area contributed by atoms with E-state index in [0.717, 1.165) is 63.2 Å². The summed E-state index contributed by atoms with van der Waals surface area (Å²) in [7, 11) is 0. The van der Waals surface area contributed by atoms with E-state index in [1.54, 1.807) is 0 Å². The molecule has 0 bridgehead atoms.